The third-order valence-corrected chi connectivity index (χ3v) is 7.34. The highest BCUT2D eigenvalue weighted by Crippen LogP contribution is 2.31. The first-order chi connectivity index (χ1) is 9.57. The molecule has 108 valence electrons. The van der Waals surface area contributed by atoms with Gasteiger partial charge in [-0.05, 0) is 37.4 Å². The zero-order chi connectivity index (χ0) is 14.2. The van der Waals surface area contributed by atoms with Crippen LogP contribution in [-0.2, 0) is 10.0 Å². The fourth-order valence-corrected chi connectivity index (χ4v) is 5.63. The van der Waals surface area contributed by atoms with Crippen LogP contribution in [0.15, 0.2) is 15.8 Å². The summed E-state index contributed by atoms with van der Waals surface area (Å²) in [6.45, 7) is 2.85. The fourth-order valence-electron chi connectivity index (χ4n) is 2.31. The molecule has 0 N–H and O–H groups in total. The third kappa shape index (κ3) is 2.62. The van der Waals surface area contributed by atoms with Crippen LogP contribution in [-0.4, -0.2) is 40.4 Å². The molecule has 0 aromatic carbocycles. The van der Waals surface area contributed by atoms with E-state index in [2.05, 4.69) is 14.6 Å². The molecule has 0 bridgehead atoms. The second kappa shape index (κ2) is 5.47. The van der Waals surface area contributed by atoms with Crippen LogP contribution in [0.4, 0.5) is 0 Å². The van der Waals surface area contributed by atoms with Crippen molar-refractivity contribution in [1.82, 2.24) is 18.9 Å². The first-order valence-electron chi connectivity index (χ1n) is 6.27. The molecule has 6 nitrogen and oxygen atoms in total. The second-order valence-corrected chi connectivity index (χ2v) is 8.60. The standard InChI is InChI=1S/C11H14N4O2S3/c1-8-5-10(19-14-8)20(16,17)15-4-2-3-9(6-15)11-13-12-7-18-11/h5,7,9H,2-4,6H2,1H3. The van der Waals surface area contributed by atoms with Crippen LogP contribution in [0.1, 0.15) is 29.5 Å². The maximum absolute atomic E-state index is 12.6. The van der Waals surface area contributed by atoms with Crippen molar-refractivity contribution in [1.29, 1.82) is 0 Å². The van der Waals surface area contributed by atoms with Gasteiger partial charge in [0, 0.05) is 19.0 Å². The summed E-state index contributed by atoms with van der Waals surface area (Å²) in [5.74, 6) is 0.153. The Balaban J connectivity index is 1.83. The zero-order valence-corrected chi connectivity index (χ0v) is 13.3. The lowest BCUT2D eigenvalue weighted by Crippen LogP contribution is -2.38. The van der Waals surface area contributed by atoms with Crippen molar-refractivity contribution in [3.05, 3.63) is 22.3 Å². The van der Waals surface area contributed by atoms with Gasteiger partial charge >= 0.3 is 0 Å². The highest BCUT2D eigenvalue weighted by atomic mass is 32.2. The van der Waals surface area contributed by atoms with Crippen LogP contribution in [0.3, 0.4) is 0 Å². The molecule has 20 heavy (non-hydrogen) atoms. The molecule has 1 saturated heterocycles. The van der Waals surface area contributed by atoms with Crippen LogP contribution < -0.4 is 0 Å². The van der Waals surface area contributed by atoms with Crippen LogP contribution >= 0.6 is 22.9 Å². The predicted octanol–water partition coefficient (Wildman–Crippen LogP) is 1.87. The van der Waals surface area contributed by atoms with Gasteiger partial charge in [-0.2, -0.15) is 8.68 Å². The molecular weight excluding hydrogens is 316 g/mol. The molecule has 2 aromatic rings. The van der Waals surface area contributed by atoms with Gasteiger partial charge in [0.1, 0.15) is 10.5 Å². The van der Waals surface area contributed by atoms with Gasteiger partial charge in [-0.3, -0.25) is 0 Å². The van der Waals surface area contributed by atoms with E-state index in [4.69, 9.17) is 0 Å². The molecular formula is C11H14N4O2S3. The van der Waals surface area contributed by atoms with Gasteiger partial charge in [0.25, 0.3) is 10.0 Å². The normalized spacial score (nSPS) is 21.1. The number of hydrogen-bond acceptors (Lipinski definition) is 7. The van der Waals surface area contributed by atoms with Crippen LogP contribution in [0.5, 0.6) is 0 Å². The number of sulfonamides is 1. The zero-order valence-electron chi connectivity index (χ0n) is 10.9. The Morgan fingerprint density at radius 2 is 2.30 bits per heavy atom. The van der Waals surface area contributed by atoms with Crippen LogP contribution in [0, 0.1) is 6.92 Å². The summed E-state index contributed by atoms with van der Waals surface area (Å²) < 4.78 is 31.1. The summed E-state index contributed by atoms with van der Waals surface area (Å²) in [7, 11) is -3.42. The maximum Gasteiger partial charge on any atom is 0.254 e. The van der Waals surface area contributed by atoms with Gasteiger partial charge in [0.05, 0.1) is 5.69 Å². The number of aryl methyl sites for hydroxylation is 1. The first kappa shape index (κ1) is 14.1. The molecule has 1 atom stereocenters. The molecule has 9 heteroatoms. The monoisotopic (exact) mass is 330 g/mol. The molecule has 0 amide bonds. The Labute approximate surface area is 125 Å². The van der Waals surface area contributed by atoms with E-state index in [0.29, 0.717) is 17.3 Å². The summed E-state index contributed by atoms with van der Waals surface area (Å²) in [4.78, 5) is 0. The molecule has 3 heterocycles. The first-order valence-corrected chi connectivity index (χ1v) is 9.36. The minimum atomic E-state index is -3.42. The van der Waals surface area contributed by atoms with Gasteiger partial charge in [-0.25, -0.2) is 8.42 Å². The number of piperidine rings is 1. The molecule has 0 spiro atoms. The van der Waals surface area contributed by atoms with Gasteiger partial charge in [0.15, 0.2) is 4.21 Å². The van der Waals surface area contributed by atoms with Crippen molar-refractivity contribution in [2.24, 2.45) is 0 Å². The Morgan fingerprint density at radius 1 is 1.45 bits per heavy atom. The van der Waals surface area contributed by atoms with Crippen molar-refractivity contribution in [3.63, 3.8) is 0 Å². The van der Waals surface area contributed by atoms with E-state index in [0.717, 1.165) is 35.1 Å². The quantitative estimate of drug-likeness (QED) is 0.859. The fraction of sp³-hybridized carbons (Fsp3) is 0.545. The molecule has 1 aliphatic heterocycles. The van der Waals surface area contributed by atoms with Crippen molar-refractivity contribution in [2.45, 2.75) is 29.9 Å². The summed E-state index contributed by atoms with van der Waals surface area (Å²) in [6.07, 6.45) is 1.81. The molecule has 0 aliphatic carbocycles. The lowest BCUT2D eigenvalue weighted by atomic mass is 10.0. The van der Waals surface area contributed by atoms with Crippen LogP contribution in [0.25, 0.3) is 0 Å². The summed E-state index contributed by atoms with van der Waals surface area (Å²) >= 11 is 2.53. The van der Waals surface area contributed by atoms with E-state index < -0.39 is 10.0 Å². The molecule has 2 aromatic heterocycles. The summed E-state index contributed by atoms with van der Waals surface area (Å²) in [5, 5.41) is 8.83. The Hall–Kier alpha value is -0.900. The predicted molar refractivity (Wildman–Crippen MR) is 77.5 cm³/mol. The van der Waals surface area contributed by atoms with Crippen molar-refractivity contribution in [3.8, 4) is 0 Å². The Bertz CT molecular complexity index is 680. The number of aromatic nitrogens is 3. The summed E-state index contributed by atoms with van der Waals surface area (Å²) in [5.41, 5.74) is 2.43. The van der Waals surface area contributed by atoms with Crippen LogP contribution in [0.2, 0.25) is 0 Å². The number of rotatable bonds is 3. The maximum atomic E-state index is 12.6. The molecule has 3 rings (SSSR count). The third-order valence-electron chi connectivity index (χ3n) is 3.31. The van der Waals surface area contributed by atoms with Gasteiger partial charge in [0.2, 0.25) is 0 Å². The lowest BCUT2D eigenvalue weighted by molar-refractivity contribution is 0.315. The Kier molecular flexibility index (Phi) is 3.85. The lowest BCUT2D eigenvalue weighted by Gasteiger charge is -2.30. The van der Waals surface area contributed by atoms with E-state index >= 15 is 0 Å². The number of nitrogens with zero attached hydrogens (tertiary/aromatic N) is 4. The van der Waals surface area contributed by atoms with Crippen molar-refractivity contribution >= 4 is 32.9 Å². The average molecular weight is 330 g/mol. The Morgan fingerprint density at radius 3 is 2.95 bits per heavy atom. The minimum Gasteiger partial charge on any atom is -0.206 e. The van der Waals surface area contributed by atoms with E-state index in [1.807, 2.05) is 0 Å². The van der Waals surface area contributed by atoms with Gasteiger partial charge < -0.3 is 0 Å². The van der Waals surface area contributed by atoms with E-state index in [-0.39, 0.29) is 5.92 Å². The molecule has 0 saturated carbocycles. The van der Waals surface area contributed by atoms with E-state index in [1.54, 1.807) is 22.8 Å². The molecule has 1 unspecified atom stereocenters. The molecule has 1 fully saturated rings. The SMILES string of the molecule is Cc1cc(S(=O)(=O)N2CCCC(c3nncs3)C2)sn1. The van der Waals surface area contributed by atoms with Gasteiger partial charge in [-0.15, -0.1) is 21.5 Å². The average Bonchev–Trinajstić information content (AvgIpc) is 3.10. The van der Waals surface area contributed by atoms with Gasteiger partial charge in [-0.1, -0.05) is 0 Å². The number of hydrogen-bond donors (Lipinski definition) is 0. The van der Waals surface area contributed by atoms with Crippen molar-refractivity contribution < 1.29 is 8.42 Å². The van der Waals surface area contributed by atoms with E-state index in [9.17, 15) is 8.42 Å². The molecule has 0 radical (unpaired) electrons. The molecule has 1 aliphatic rings. The summed E-state index contributed by atoms with van der Waals surface area (Å²) in [6, 6.07) is 1.63. The second-order valence-electron chi connectivity index (χ2n) is 4.77. The minimum absolute atomic E-state index is 0.153. The highest BCUT2D eigenvalue weighted by molar-refractivity contribution is 7.91. The van der Waals surface area contributed by atoms with Crippen molar-refractivity contribution in [2.75, 3.05) is 13.1 Å². The highest BCUT2D eigenvalue weighted by Gasteiger charge is 2.33. The largest absolute Gasteiger partial charge is 0.254 e. The topological polar surface area (TPSA) is 76.1 Å². The van der Waals surface area contributed by atoms with E-state index in [1.165, 1.54) is 11.3 Å². The smallest absolute Gasteiger partial charge is 0.206 e.